The third kappa shape index (κ3) is 7.80. The SMILES string of the molecule is CCCCSCCC(=O)NC(C)C(=O)NCc1ccco1. The number of furan rings is 1. The Balaban J connectivity index is 2.14. The van der Waals surface area contributed by atoms with Crippen molar-refractivity contribution in [1.29, 1.82) is 0 Å². The van der Waals surface area contributed by atoms with Crippen molar-refractivity contribution in [2.45, 2.75) is 45.7 Å². The van der Waals surface area contributed by atoms with Gasteiger partial charge in [-0.1, -0.05) is 13.3 Å². The molecule has 0 bridgehead atoms. The van der Waals surface area contributed by atoms with Gasteiger partial charge < -0.3 is 15.1 Å². The Labute approximate surface area is 130 Å². The molecular weight excluding hydrogens is 288 g/mol. The van der Waals surface area contributed by atoms with E-state index in [0.717, 1.165) is 11.5 Å². The van der Waals surface area contributed by atoms with Crippen LogP contribution >= 0.6 is 11.8 Å². The monoisotopic (exact) mass is 312 g/mol. The van der Waals surface area contributed by atoms with Gasteiger partial charge >= 0.3 is 0 Å². The summed E-state index contributed by atoms with van der Waals surface area (Å²) < 4.78 is 5.13. The third-order valence-corrected chi connectivity index (χ3v) is 3.97. The van der Waals surface area contributed by atoms with Gasteiger partial charge in [-0.2, -0.15) is 11.8 Å². The second kappa shape index (κ2) is 10.3. The molecule has 1 atom stereocenters. The lowest BCUT2D eigenvalue weighted by Crippen LogP contribution is -2.44. The fourth-order valence-corrected chi connectivity index (χ4v) is 2.66. The fraction of sp³-hybridized carbons (Fsp3) is 0.600. The Morgan fingerprint density at radius 2 is 2.19 bits per heavy atom. The molecule has 0 radical (unpaired) electrons. The van der Waals surface area contributed by atoms with E-state index in [0.29, 0.717) is 18.7 Å². The number of amides is 2. The van der Waals surface area contributed by atoms with E-state index in [4.69, 9.17) is 4.42 Å². The Morgan fingerprint density at radius 1 is 1.38 bits per heavy atom. The second-order valence-corrected chi connectivity index (χ2v) is 6.03. The number of hydrogen-bond acceptors (Lipinski definition) is 4. The molecular formula is C15H24N2O3S. The summed E-state index contributed by atoms with van der Waals surface area (Å²) in [5.74, 6) is 2.28. The zero-order valence-corrected chi connectivity index (χ0v) is 13.5. The Morgan fingerprint density at radius 3 is 2.86 bits per heavy atom. The molecule has 0 spiro atoms. The average molecular weight is 312 g/mol. The van der Waals surface area contributed by atoms with E-state index in [-0.39, 0.29) is 11.8 Å². The summed E-state index contributed by atoms with van der Waals surface area (Å²) in [6, 6.07) is 3.02. The molecule has 0 aliphatic heterocycles. The van der Waals surface area contributed by atoms with Crippen LogP contribution in [0, 0.1) is 0 Å². The molecule has 0 fully saturated rings. The lowest BCUT2D eigenvalue weighted by molar-refractivity contribution is -0.128. The van der Waals surface area contributed by atoms with Gasteiger partial charge in [0.15, 0.2) is 0 Å². The van der Waals surface area contributed by atoms with Crippen LogP contribution in [0.25, 0.3) is 0 Å². The first-order valence-electron chi connectivity index (χ1n) is 7.30. The molecule has 0 aromatic carbocycles. The summed E-state index contributed by atoms with van der Waals surface area (Å²) in [5.41, 5.74) is 0. The van der Waals surface area contributed by atoms with Gasteiger partial charge in [-0.15, -0.1) is 0 Å². The minimum Gasteiger partial charge on any atom is -0.467 e. The standard InChI is InChI=1S/C15H24N2O3S/c1-3-4-9-21-10-7-14(18)17-12(2)15(19)16-11-13-6-5-8-20-13/h5-6,8,12H,3-4,7,9-11H2,1-2H3,(H,16,19)(H,17,18). The van der Waals surface area contributed by atoms with E-state index < -0.39 is 6.04 Å². The molecule has 1 aromatic rings. The smallest absolute Gasteiger partial charge is 0.242 e. The number of carbonyl (C=O) groups excluding carboxylic acids is 2. The van der Waals surface area contributed by atoms with E-state index in [9.17, 15) is 9.59 Å². The molecule has 6 heteroatoms. The highest BCUT2D eigenvalue weighted by Crippen LogP contribution is 2.06. The number of nitrogens with one attached hydrogen (secondary N) is 2. The van der Waals surface area contributed by atoms with Crippen molar-refractivity contribution in [3.05, 3.63) is 24.2 Å². The molecule has 21 heavy (non-hydrogen) atoms. The summed E-state index contributed by atoms with van der Waals surface area (Å²) in [5, 5.41) is 5.43. The lowest BCUT2D eigenvalue weighted by atomic mass is 10.3. The van der Waals surface area contributed by atoms with Gasteiger partial charge in [-0.25, -0.2) is 0 Å². The minimum absolute atomic E-state index is 0.0837. The molecule has 0 aliphatic rings. The maximum absolute atomic E-state index is 11.8. The predicted octanol–water partition coefficient (Wildman–Crippen LogP) is 2.32. The van der Waals surface area contributed by atoms with Gasteiger partial charge in [0.2, 0.25) is 11.8 Å². The van der Waals surface area contributed by atoms with Crippen LogP contribution in [0.15, 0.2) is 22.8 Å². The molecule has 0 saturated carbocycles. The summed E-state index contributed by atoms with van der Waals surface area (Å²) >= 11 is 1.78. The third-order valence-electron chi connectivity index (χ3n) is 2.90. The zero-order valence-electron chi connectivity index (χ0n) is 12.7. The molecule has 1 aromatic heterocycles. The topological polar surface area (TPSA) is 71.3 Å². The van der Waals surface area contributed by atoms with Crippen molar-refractivity contribution in [3.8, 4) is 0 Å². The highest BCUT2D eigenvalue weighted by Gasteiger charge is 2.15. The van der Waals surface area contributed by atoms with Crippen LogP contribution < -0.4 is 10.6 Å². The van der Waals surface area contributed by atoms with E-state index >= 15 is 0 Å². The molecule has 1 rings (SSSR count). The van der Waals surface area contributed by atoms with Crippen LogP contribution in [0.2, 0.25) is 0 Å². The summed E-state index contributed by atoms with van der Waals surface area (Å²) in [6.07, 6.45) is 4.36. The lowest BCUT2D eigenvalue weighted by Gasteiger charge is -2.13. The first kappa shape index (κ1) is 17.6. The van der Waals surface area contributed by atoms with Crippen LogP contribution in [-0.4, -0.2) is 29.4 Å². The van der Waals surface area contributed by atoms with Gasteiger partial charge in [0.1, 0.15) is 11.8 Å². The summed E-state index contributed by atoms with van der Waals surface area (Å²) in [4.78, 5) is 23.5. The van der Waals surface area contributed by atoms with E-state index in [1.807, 2.05) is 0 Å². The van der Waals surface area contributed by atoms with Crippen LogP contribution in [0.4, 0.5) is 0 Å². The predicted molar refractivity (Wildman–Crippen MR) is 85.0 cm³/mol. The van der Waals surface area contributed by atoms with Crippen molar-refractivity contribution in [2.24, 2.45) is 0 Å². The van der Waals surface area contributed by atoms with Gasteiger partial charge in [-0.3, -0.25) is 9.59 Å². The number of carbonyl (C=O) groups is 2. The van der Waals surface area contributed by atoms with Crippen LogP contribution in [-0.2, 0) is 16.1 Å². The van der Waals surface area contributed by atoms with Gasteiger partial charge in [-0.05, 0) is 31.2 Å². The zero-order chi connectivity index (χ0) is 15.5. The molecule has 0 aliphatic carbocycles. The molecule has 0 saturated heterocycles. The van der Waals surface area contributed by atoms with E-state index in [1.165, 1.54) is 12.8 Å². The maximum Gasteiger partial charge on any atom is 0.242 e. The van der Waals surface area contributed by atoms with Crippen LogP contribution in [0.5, 0.6) is 0 Å². The van der Waals surface area contributed by atoms with Crippen molar-refractivity contribution < 1.29 is 14.0 Å². The van der Waals surface area contributed by atoms with E-state index in [1.54, 1.807) is 37.1 Å². The first-order valence-corrected chi connectivity index (χ1v) is 8.46. The molecule has 2 N–H and O–H groups in total. The normalized spacial score (nSPS) is 11.9. The number of hydrogen-bond donors (Lipinski definition) is 2. The number of rotatable bonds is 10. The number of thioether (sulfide) groups is 1. The quantitative estimate of drug-likeness (QED) is 0.650. The van der Waals surface area contributed by atoms with Crippen LogP contribution in [0.1, 0.15) is 38.9 Å². The molecule has 1 heterocycles. The van der Waals surface area contributed by atoms with Crippen molar-refractivity contribution >= 4 is 23.6 Å². The first-order chi connectivity index (χ1) is 10.1. The second-order valence-electron chi connectivity index (χ2n) is 4.80. The Kier molecular flexibility index (Phi) is 8.66. The maximum atomic E-state index is 11.8. The molecule has 1 unspecified atom stereocenters. The average Bonchev–Trinajstić information content (AvgIpc) is 2.97. The Hall–Kier alpha value is -1.43. The number of unbranched alkanes of at least 4 members (excludes halogenated alkanes) is 1. The molecule has 118 valence electrons. The van der Waals surface area contributed by atoms with Gasteiger partial charge in [0.05, 0.1) is 12.8 Å². The van der Waals surface area contributed by atoms with Crippen LogP contribution in [0.3, 0.4) is 0 Å². The minimum atomic E-state index is -0.534. The highest BCUT2D eigenvalue weighted by molar-refractivity contribution is 7.99. The van der Waals surface area contributed by atoms with Crippen molar-refractivity contribution in [2.75, 3.05) is 11.5 Å². The Bertz CT molecular complexity index is 421. The molecule has 2 amide bonds. The fourth-order valence-electron chi connectivity index (χ4n) is 1.63. The van der Waals surface area contributed by atoms with Gasteiger partial charge in [0, 0.05) is 12.2 Å². The highest BCUT2D eigenvalue weighted by atomic mass is 32.2. The van der Waals surface area contributed by atoms with Crippen molar-refractivity contribution in [3.63, 3.8) is 0 Å². The van der Waals surface area contributed by atoms with Gasteiger partial charge in [0.25, 0.3) is 0 Å². The molecule has 5 nitrogen and oxygen atoms in total. The largest absolute Gasteiger partial charge is 0.467 e. The van der Waals surface area contributed by atoms with E-state index in [2.05, 4.69) is 17.6 Å². The summed E-state index contributed by atoms with van der Waals surface area (Å²) in [7, 11) is 0. The van der Waals surface area contributed by atoms with Crippen molar-refractivity contribution in [1.82, 2.24) is 10.6 Å². The summed E-state index contributed by atoms with van der Waals surface area (Å²) in [6.45, 7) is 4.16.